The molecule has 1 heterocycles. The fourth-order valence-corrected chi connectivity index (χ4v) is 3.11. The Morgan fingerprint density at radius 3 is 2.53 bits per heavy atom. The summed E-state index contributed by atoms with van der Waals surface area (Å²) in [6.45, 7) is 11.2. The molecule has 0 atom stereocenters. The van der Waals surface area contributed by atoms with Crippen LogP contribution >= 0.6 is 0 Å². The van der Waals surface area contributed by atoms with Crippen LogP contribution in [-0.4, -0.2) is 61.0 Å². The molecule has 0 fully saturated rings. The summed E-state index contributed by atoms with van der Waals surface area (Å²) in [5, 5.41) is 11.2. The maximum absolute atomic E-state index is 5.79. The molecule has 0 bridgehead atoms. The number of aliphatic imine (C=N–C) groups is 1. The highest BCUT2D eigenvalue weighted by Gasteiger charge is 2.02. The number of aromatic nitrogens is 2. The van der Waals surface area contributed by atoms with Gasteiger partial charge in [0.15, 0.2) is 5.96 Å². The van der Waals surface area contributed by atoms with Crippen LogP contribution in [0.15, 0.2) is 35.3 Å². The Hall–Kier alpha value is -2.54. The van der Waals surface area contributed by atoms with Crippen LogP contribution in [0.25, 0.3) is 0 Å². The minimum absolute atomic E-state index is 0.633. The van der Waals surface area contributed by atoms with Crippen molar-refractivity contribution in [2.24, 2.45) is 4.99 Å². The lowest BCUT2D eigenvalue weighted by Gasteiger charge is -2.12. The molecule has 0 spiro atoms. The van der Waals surface area contributed by atoms with Crippen LogP contribution < -0.4 is 15.4 Å². The second kappa shape index (κ2) is 12.9. The van der Waals surface area contributed by atoms with E-state index in [1.807, 2.05) is 19.1 Å². The van der Waals surface area contributed by atoms with E-state index in [1.165, 1.54) is 5.69 Å². The van der Waals surface area contributed by atoms with E-state index >= 15 is 0 Å². The maximum Gasteiger partial charge on any atom is 0.191 e. The van der Waals surface area contributed by atoms with Gasteiger partial charge in [0.2, 0.25) is 0 Å². The topological polar surface area (TPSA) is 66.7 Å². The number of rotatable bonds is 12. The van der Waals surface area contributed by atoms with Crippen LogP contribution in [0.3, 0.4) is 0 Å². The van der Waals surface area contributed by atoms with Gasteiger partial charge in [-0.15, -0.1) is 0 Å². The minimum atomic E-state index is 0.633. The molecule has 0 amide bonds. The van der Waals surface area contributed by atoms with Crippen LogP contribution in [0.4, 0.5) is 0 Å². The number of hydrogen-bond donors (Lipinski definition) is 2. The first kappa shape index (κ1) is 23.7. The van der Waals surface area contributed by atoms with Crippen LogP contribution in [-0.2, 0) is 13.1 Å². The summed E-state index contributed by atoms with van der Waals surface area (Å²) in [7, 11) is 4.15. The van der Waals surface area contributed by atoms with Gasteiger partial charge >= 0.3 is 0 Å². The van der Waals surface area contributed by atoms with Gasteiger partial charge in [-0.3, -0.25) is 4.68 Å². The molecule has 0 saturated carbocycles. The van der Waals surface area contributed by atoms with Gasteiger partial charge in [-0.1, -0.05) is 12.1 Å². The summed E-state index contributed by atoms with van der Waals surface area (Å²) < 4.78 is 7.85. The van der Waals surface area contributed by atoms with Crippen LogP contribution in [0.5, 0.6) is 5.75 Å². The summed E-state index contributed by atoms with van der Waals surface area (Å²) in [4.78, 5) is 6.87. The second-order valence-electron chi connectivity index (χ2n) is 7.77. The Kier molecular flexibility index (Phi) is 10.2. The van der Waals surface area contributed by atoms with Crippen LogP contribution in [0.2, 0.25) is 0 Å². The van der Waals surface area contributed by atoms with Crippen molar-refractivity contribution < 1.29 is 4.74 Å². The van der Waals surface area contributed by atoms with Crippen LogP contribution in [0.1, 0.15) is 36.7 Å². The Morgan fingerprint density at radius 1 is 1.13 bits per heavy atom. The average Bonchev–Trinajstić information content (AvgIpc) is 3.04. The van der Waals surface area contributed by atoms with E-state index in [0.717, 1.165) is 68.6 Å². The number of nitrogens with one attached hydrogen (secondary N) is 2. The van der Waals surface area contributed by atoms with Crippen molar-refractivity contribution in [2.75, 3.05) is 40.3 Å². The molecule has 0 aliphatic rings. The molecule has 166 valence electrons. The lowest BCUT2D eigenvalue weighted by Crippen LogP contribution is -2.38. The molecule has 2 N–H and O–H groups in total. The third-order valence-corrected chi connectivity index (χ3v) is 4.65. The first-order valence-corrected chi connectivity index (χ1v) is 10.9. The highest BCUT2D eigenvalue weighted by atomic mass is 16.5. The molecule has 7 heteroatoms. The fourth-order valence-electron chi connectivity index (χ4n) is 3.11. The van der Waals surface area contributed by atoms with Crippen molar-refractivity contribution in [1.29, 1.82) is 0 Å². The number of benzene rings is 1. The SMILES string of the molecule is CCNC(=NCc1ccc(OCCCN(C)C)cc1)NCCCn1nc(C)cc1C. The molecule has 1 aromatic heterocycles. The van der Waals surface area contributed by atoms with Crippen molar-refractivity contribution >= 4 is 5.96 Å². The molecule has 0 unspecified atom stereocenters. The van der Waals surface area contributed by atoms with Crippen LogP contribution in [0, 0.1) is 13.8 Å². The third kappa shape index (κ3) is 8.86. The van der Waals surface area contributed by atoms with Gasteiger partial charge < -0.3 is 20.3 Å². The number of guanidine groups is 1. The van der Waals surface area contributed by atoms with E-state index in [-0.39, 0.29) is 0 Å². The molecule has 0 saturated heterocycles. The Labute approximate surface area is 181 Å². The highest BCUT2D eigenvalue weighted by molar-refractivity contribution is 5.79. The number of hydrogen-bond acceptors (Lipinski definition) is 4. The van der Waals surface area contributed by atoms with Gasteiger partial charge in [0.1, 0.15) is 5.75 Å². The highest BCUT2D eigenvalue weighted by Crippen LogP contribution is 2.13. The minimum Gasteiger partial charge on any atom is -0.494 e. The zero-order valence-corrected chi connectivity index (χ0v) is 19.2. The van der Waals surface area contributed by atoms with Crippen molar-refractivity contribution in [3.8, 4) is 5.75 Å². The largest absolute Gasteiger partial charge is 0.494 e. The van der Waals surface area contributed by atoms with Crippen molar-refractivity contribution in [2.45, 2.75) is 46.7 Å². The molecule has 0 radical (unpaired) electrons. The maximum atomic E-state index is 5.79. The molecule has 0 aliphatic heterocycles. The van der Waals surface area contributed by atoms with Gasteiger partial charge in [0.05, 0.1) is 18.8 Å². The Morgan fingerprint density at radius 2 is 1.90 bits per heavy atom. The summed E-state index contributed by atoms with van der Waals surface area (Å²) in [5.74, 6) is 1.76. The monoisotopic (exact) mass is 414 g/mol. The molecular weight excluding hydrogens is 376 g/mol. The zero-order valence-electron chi connectivity index (χ0n) is 19.2. The van der Waals surface area contributed by atoms with Gasteiger partial charge in [0.25, 0.3) is 0 Å². The van der Waals surface area contributed by atoms with Gasteiger partial charge in [-0.2, -0.15) is 5.10 Å². The molecule has 2 aromatic rings. The Bertz CT molecular complexity index is 767. The fraction of sp³-hybridized carbons (Fsp3) is 0.565. The summed E-state index contributed by atoms with van der Waals surface area (Å²) >= 11 is 0. The van der Waals surface area contributed by atoms with E-state index in [4.69, 9.17) is 9.73 Å². The van der Waals surface area contributed by atoms with Crippen molar-refractivity contribution in [3.05, 3.63) is 47.3 Å². The first-order valence-electron chi connectivity index (χ1n) is 10.9. The van der Waals surface area contributed by atoms with Gasteiger partial charge in [0, 0.05) is 31.9 Å². The number of ether oxygens (including phenoxy) is 1. The molecule has 0 aliphatic carbocycles. The van der Waals surface area contributed by atoms with E-state index in [9.17, 15) is 0 Å². The van der Waals surface area contributed by atoms with E-state index in [0.29, 0.717) is 6.54 Å². The standard InChI is InChI=1S/C23H38N6O/c1-6-24-23(25-13-7-15-29-20(3)17-19(2)27-29)26-18-21-9-11-22(12-10-21)30-16-8-14-28(4)5/h9-12,17H,6-8,13-16,18H2,1-5H3,(H2,24,25,26). The molecular formula is C23H38N6O. The third-order valence-electron chi connectivity index (χ3n) is 4.65. The lowest BCUT2D eigenvalue weighted by molar-refractivity contribution is 0.281. The molecule has 1 aromatic carbocycles. The second-order valence-corrected chi connectivity index (χ2v) is 7.77. The van der Waals surface area contributed by atoms with Gasteiger partial charge in [-0.25, -0.2) is 4.99 Å². The lowest BCUT2D eigenvalue weighted by atomic mass is 10.2. The smallest absolute Gasteiger partial charge is 0.191 e. The summed E-state index contributed by atoms with van der Waals surface area (Å²) in [5.41, 5.74) is 3.44. The normalized spacial score (nSPS) is 11.7. The first-order chi connectivity index (χ1) is 14.5. The van der Waals surface area contributed by atoms with Gasteiger partial charge in [-0.05, 0) is 71.5 Å². The van der Waals surface area contributed by atoms with Crippen molar-refractivity contribution in [1.82, 2.24) is 25.3 Å². The number of nitrogens with zero attached hydrogens (tertiary/aromatic N) is 4. The average molecular weight is 415 g/mol. The predicted octanol–water partition coefficient (Wildman–Crippen LogP) is 2.98. The van der Waals surface area contributed by atoms with E-state index in [2.05, 4.69) is 71.5 Å². The molecule has 7 nitrogen and oxygen atoms in total. The quantitative estimate of drug-likeness (QED) is 0.318. The Balaban J connectivity index is 1.75. The molecule has 30 heavy (non-hydrogen) atoms. The summed E-state index contributed by atoms with van der Waals surface area (Å²) in [6, 6.07) is 10.3. The number of aryl methyl sites for hydroxylation is 3. The van der Waals surface area contributed by atoms with Crippen molar-refractivity contribution in [3.63, 3.8) is 0 Å². The van der Waals surface area contributed by atoms with E-state index < -0.39 is 0 Å². The zero-order chi connectivity index (χ0) is 21.8. The molecule has 2 rings (SSSR count). The predicted molar refractivity (Wildman–Crippen MR) is 124 cm³/mol. The van der Waals surface area contributed by atoms with E-state index in [1.54, 1.807) is 0 Å². The summed E-state index contributed by atoms with van der Waals surface area (Å²) in [6.07, 6.45) is 2.02.